The number of rotatable bonds is 6. The van der Waals surface area contributed by atoms with Crippen molar-refractivity contribution in [3.63, 3.8) is 0 Å². The van der Waals surface area contributed by atoms with Gasteiger partial charge >= 0.3 is 0 Å². The molecule has 0 saturated carbocycles. The Bertz CT molecular complexity index is 715. The molecular weight excluding hydrogens is 319 g/mol. The van der Waals surface area contributed by atoms with E-state index in [2.05, 4.69) is 10.6 Å². The summed E-state index contributed by atoms with van der Waals surface area (Å²) in [6, 6.07) is 7.42. The van der Waals surface area contributed by atoms with E-state index in [-0.39, 0.29) is 17.6 Å². The number of thiophene rings is 1. The summed E-state index contributed by atoms with van der Waals surface area (Å²) in [6.45, 7) is 3.97. The Morgan fingerprint density at radius 1 is 1.26 bits per heavy atom. The van der Waals surface area contributed by atoms with Gasteiger partial charge in [0.05, 0.1) is 23.7 Å². The normalized spacial score (nSPS) is 10.2. The quantitative estimate of drug-likeness (QED) is 0.851. The highest BCUT2D eigenvalue weighted by Crippen LogP contribution is 2.27. The monoisotopic (exact) mass is 336 g/mol. The third-order valence-electron chi connectivity index (χ3n) is 2.89. The van der Waals surface area contributed by atoms with Crippen molar-refractivity contribution >= 4 is 28.8 Å². The van der Waals surface area contributed by atoms with E-state index in [4.69, 9.17) is 4.74 Å². The highest BCUT2D eigenvalue weighted by Gasteiger charge is 2.13. The fraction of sp³-hybridized carbons (Fsp3) is 0.250. The third-order valence-corrected chi connectivity index (χ3v) is 3.97. The minimum atomic E-state index is -0.430. The Morgan fingerprint density at radius 2 is 2.04 bits per heavy atom. The van der Waals surface area contributed by atoms with Crippen LogP contribution in [0, 0.1) is 5.82 Å². The van der Waals surface area contributed by atoms with Gasteiger partial charge in [-0.3, -0.25) is 9.59 Å². The molecule has 122 valence electrons. The zero-order valence-corrected chi connectivity index (χ0v) is 13.6. The van der Waals surface area contributed by atoms with Gasteiger partial charge in [-0.2, -0.15) is 0 Å². The summed E-state index contributed by atoms with van der Waals surface area (Å²) in [7, 11) is 0. The lowest BCUT2D eigenvalue weighted by Crippen LogP contribution is -2.18. The van der Waals surface area contributed by atoms with Crippen molar-refractivity contribution in [2.75, 3.05) is 11.9 Å². The Labute approximate surface area is 137 Å². The van der Waals surface area contributed by atoms with E-state index >= 15 is 0 Å². The molecule has 0 aliphatic heterocycles. The number of nitrogens with one attached hydrogen (secondary N) is 2. The first kappa shape index (κ1) is 17.0. The molecule has 0 atom stereocenters. The SMILES string of the molecule is CCOc1cc(F)ccc1NC(=O)c1ccc(CNC(C)=O)s1. The Kier molecular flexibility index (Phi) is 5.70. The first-order chi connectivity index (χ1) is 11.0. The van der Waals surface area contributed by atoms with Crippen LogP contribution in [0.3, 0.4) is 0 Å². The molecule has 1 aromatic heterocycles. The second kappa shape index (κ2) is 7.73. The van der Waals surface area contributed by atoms with E-state index in [0.717, 1.165) is 4.88 Å². The molecule has 0 fully saturated rings. The Hall–Kier alpha value is -2.41. The van der Waals surface area contributed by atoms with E-state index in [1.807, 2.05) is 0 Å². The van der Waals surface area contributed by atoms with Crippen molar-refractivity contribution in [1.82, 2.24) is 5.32 Å². The predicted octanol–water partition coefficient (Wildman–Crippen LogP) is 3.17. The number of ether oxygens (including phenoxy) is 1. The van der Waals surface area contributed by atoms with Gasteiger partial charge in [0.15, 0.2) is 0 Å². The summed E-state index contributed by atoms with van der Waals surface area (Å²) in [5, 5.41) is 5.38. The molecule has 2 N–H and O–H groups in total. The van der Waals surface area contributed by atoms with Crippen LogP contribution in [0.2, 0.25) is 0 Å². The zero-order chi connectivity index (χ0) is 16.8. The summed E-state index contributed by atoms with van der Waals surface area (Å²) in [5.41, 5.74) is 0.412. The van der Waals surface area contributed by atoms with Gasteiger partial charge in [0, 0.05) is 17.9 Å². The van der Waals surface area contributed by atoms with Gasteiger partial charge in [-0.25, -0.2) is 4.39 Å². The lowest BCUT2D eigenvalue weighted by molar-refractivity contribution is -0.119. The van der Waals surface area contributed by atoms with Crippen LogP contribution in [-0.2, 0) is 11.3 Å². The van der Waals surface area contributed by atoms with E-state index in [0.29, 0.717) is 23.7 Å². The number of carbonyl (C=O) groups is 2. The maximum absolute atomic E-state index is 13.3. The summed E-state index contributed by atoms with van der Waals surface area (Å²) < 4.78 is 18.6. The maximum atomic E-state index is 13.3. The van der Waals surface area contributed by atoms with E-state index in [1.54, 1.807) is 19.1 Å². The van der Waals surface area contributed by atoms with Gasteiger partial charge < -0.3 is 15.4 Å². The molecule has 5 nitrogen and oxygen atoms in total. The summed E-state index contributed by atoms with van der Waals surface area (Å²) in [4.78, 5) is 24.5. The van der Waals surface area contributed by atoms with Gasteiger partial charge in [-0.1, -0.05) is 0 Å². The lowest BCUT2D eigenvalue weighted by Gasteiger charge is -2.11. The summed E-state index contributed by atoms with van der Waals surface area (Å²) >= 11 is 1.28. The number of amides is 2. The standard InChI is InChI=1S/C16H17FN2O3S/c1-3-22-14-8-11(17)4-6-13(14)19-16(21)15-7-5-12(23-15)9-18-10(2)20/h4-8H,3,9H2,1-2H3,(H,18,20)(H,19,21). The van der Waals surface area contributed by atoms with Crippen LogP contribution in [0.4, 0.5) is 10.1 Å². The summed E-state index contributed by atoms with van der Waals surface area (Å²) in [5.74, 6) is -0.579. The van der Waals surface area contributed by atoms with Gasteiger partial charge in [-0.15, -0.1) is 11.3 Å². The number of hydrogen-bond acceptors (Lipinski definition) is 4. The first-order valence-corrected chi connectivity index (χ1v) is 7.88. The van der Waals surface area contributed by atoms with Gasteiger partial charge in [0.2, 0.25) is 5.91 Å². The average Bonchev–Trinajstić information content (AvgIpc) is 2.97. The van der Waals surface area contributed by atoms with E-state index in [1.165, 1.54) is 36.5 Å². The predicted molar refractivity (Wildman–Crippen MR) is 87.4 cm³/mol. The van der Waals surface area contributed by atoms with Crippen LogP contribution in [0.5, 0.6) is 5.75 Å². The third kappa shape index (κ3) is 4.79. The maximum Gasteiger partial charge on any atom is 0.265 e. The molecule has 1 aromatic carbocycles. The van der Waals surface area contributed by atoms with Crippen molar-refractivity contribution in [3.8, 4) is 5.75 Å². The number of halogens is 1. The van der Waals surface area contributed by atoms with Crippen molar-refractivity contribution in [2.45, 2.75) is 20.4 Å². The highest BCUT2D eigenvalue weighted by molar-refractivity contribution is 7.14. The van der Waals surface area contributed by atoms with Crippen molar-refractivity contribution < 1.29 is 18.7 Å². The average molecular weight is 336 g/mol. The van der Waals surface area contributed by atoms with Crippen LogP contribution < -0.4 is 15.4 Å². The van der Waals surface area contributed by atoms with Gasteiger partial charge in [-0.05, 0) is 31.2 Å². The van der Waals surface area contributed by atoms with E-state index < -0.39 is 5.82 Å². The second-order valence-corrected chi connectivity index (χ2v) is 5.87. The topological polar surface area (TPSA) is 67.4 Å². The molecule has 0 bridgehead atoms. The fourth-order valence-corrected chi connectivity index (χ4v) is 2.71. The van der Waals surface area contributed by atoms with Crippen molar-refractivity contribution in [3.05, 3.63) is 45.9 Å². The Balaban J connectivity index is 2.08. The van der Waals surface area contributed by atoms with Gasteiger partial charge in [0.25, 0.3) is 5.91 Å². The molecule has 2 aromatic rings. The second-order valence-electron chi connectivity index (χ2n) is 4.70. The number of benzene rings is 1. The molecular formula is C16H17FN2O3S. The molecule has 0 radical (unpaired) electrons. The summed E-state index contributed by atoms with van der Waals surface area (Å²) in [6.07, 6.45) is 0. The molecule has 0 aliphatic carbocycles. The largest absolute Gasteiger partial charge is 0.492 e. The molecule has 0 spiro atoms. The van der Waals surface area contributed by atoms with Crippen LogP contribution in [0.25, 0.3) is 0 Å². The zero-order valence-electron chi connectivity index (χ0n) is 12.8. The molecule has 0 saturated heterocycles. The van der Waals surface area contributed by atoms with Crippen LogP contribution in [-0.4, -0.2) is 18.4 Å². The fourth-order valence-electron chi connectivity index (χ4n) is 1.86. The molecule has 0 unspecified atom stereocenters. The molecule has 2 amide bonds. The van der Waals surface area contributed by atoms with Crippen molar-refractivity contribution in [1.29, 1.82) is 0 Å². The van der Waals surface area contributed by atoms with Crippen LogP contribution in [0.1, 0.15) is 28.4 Å². The highest BCUT2D eigenvalue weighted by atomic mass is 32.1. The van der Waals surface area contributed by atoms with Crippen molar-refractivity contribution in [2.24, 2.45) is 0 Å². The van der Waals surface area contributed by atoms with Crippen LogP contribution >= 0.6 is 11.3 Å². The molecule has 2 rings (SSSR count). The minimum absolute atomic E-state index is 0.128. The molecule has 0 aliphatic rings. The Morgan fingerprint density at radius 3 is 2.74 bits per heavy atom. The minimum Gasteiger partial charge on any atom is -0.492 e. The van der Waals surface area contributed by atoms with Gasteiger partial charge in [0.1, 0.15) is 11.6 Å². The van der Waals surface area contributed by atoms with Crippen LogP contribution in [0.15, 0.2) is 30.3 Å². The smallest absolute Gasteiger partial charge is 0.265 e. The van der Waals surface area contributed by atoms with E-state index in [9.17, 15) is 14.0 Å². The molecule has 1 heterocycles. The number of anilines is 1. The first-order valence-electron chi connectivity index (χ1n) is 7.06. The lowest BCUT2D eigenvalue weighted by atomic mass is 10.2. The number of hydrogen-bond donors (Lipinski definition) is 2. The number of carbonyl (C=O) groups excluding carboxylic acids is 2. The molecule has 23 heavy (non-hydrogen) atoms. The molecule has 7 heteroatoms.